The number of hydrogen-bond donors (Lipinski definition) is 1. The lowest BCUT2D eigenvalue weighted by Crippen LogP contribution is -2.10. The van der Waals surface area contributed by atoms with Gasteiger partial charge in [-0.3, -0.25) is 5.43 Å². The Morgan fingerprint density at radius 2 is 1.80 bits per heavy atom. The summed E-state index contributed by atoms with van der Waals surface area (Å²) in [5.74, 6) is 0. The van der Waals surface area contributed by atoms with E-state index in [1.54, 1.807) is 6.07 Å². The van der Waals surface area contributed by atoms with Crippen molar-refractivity contribution >= 4 is 27.3 Å². The van der Waals surface area contributed by atoms with E-state index >= 15 is 0 Å². The van der Waals surface area contributed by atoms with Crippen molar-refractivity contribution in [1.29, 1.82) is 15.8 Å². The first kappa shape index (κ1) is 15.5. The Kier molecular flexibility index (Phi) is 4.68. The Balaban J connectivity index is 3.41. The standard InChI is InChI=1S/C11H3BrF3N5/c12-9-2-6(3-16)1-8(11(13,14)15)10(9)20-19-7(4-17)5-18/h1-2,20H. The first-order valence-electron chi connectivity index (χ1n) is 4.78. The van der Waals surface area contributed by atoms with E-state index in [0.29, 0.717) is 6.07 Å². The van der Waals surface area contributed by atoms with E-state index in [-0.39, 0.29) is 10.0 Å². The van der Waals surface area contributed by atoms with Gasteiger partial charge in [-0.05, 0) is 28.1 Å². The number of hydrazone groups is 1. The molecule has 1 N–H and O–H groups in total. The largest absolute Gasteiger partial charge is 0.418 e. The molecule has 0 aliphatic carbocycles. The number of halogens is 4. The van der Waals surface area contributed by atoms with Crippen LogP contribution in [0.4, 0.5) is 18.9 Å². The number of anilines is 1. The van der Waals surface area contributed by atoms with Gasteiger partial charge in [0.25, 0.3) is 0 Å². The number of nitrogens with one attached hydrogen (secondary N) is 1. The van der Waals surface area contributed by atoms with E-state index < -0.39 is 23.1 Å². The molecule has 0 spiro atoms. The first-order chi connectivity index (χ1) is 9.33. The highest BCUT2D eigenvalue weighted by atomic mass is 79.9. The number of hydrogen-bond acceptors (Lipinski definition) is 5. The molecule has 0 aromatic heterocycles. The zero-order chi connectivity index (χ0) is 15.3. The van der Waals surface area contributed by atoms with Crippen LogP contribution >= 0.6 is 15.9 Å². The second-order valence-electron chi connectivity index (χ2n) is 3.29. The molecule has 1 rings (SSSR count). The summed E-state index contributed by atoms with van der Waals surface area (Å²) in [4.78, 5) is 0. The normalized spacial score (nSPS) is 9.85. The quantitative estimate of drug-likeness (QED) is 0.660. The van der Waals surface area contributed by atoms with Crippen LogP contribution in [0.15, 0.2) is 21.7 Å². The number of benzene rings is 1. The number of rotatable bonds is 2. The van der Waals surface area contributed by atoms with E-state index in [2.05, 4.69) is 21.0 Å². The van der Waals surface area contributed by atoms with Gasteiger partial charge in [0.1, 0.15) is 12.1 Å². The summed E-state index contributed by atoms with van der Waals surface area (Å²) in [6.45, 7) is 0. The lowest BCUT2D eigenvalue weighted by molar-refractivity contribution is -0.137. The van der Waals surface area contributed by atoms with Crippen LogP contribution in [0.2, 0.25) is 0 Å². The van der Waals surface area contributed by atoms with Crippen LogP contribution < -0.4 is 5.43 Å². The Labute approximate surface area is 119 Å². The van der Waals surface area contributed by atoms with Gasteiger partial charge in [0.15, 0.2) is 0 Å². The van der Waals surface area contributed by atoms with Gasteiger partial charge in [0.2, 0.25) is 5.71 Å². The molecule has 0 saturated carbocycles. The molecule has 9 heteroatoms. The highest BCUT2D eigenvalue weighted by molar-refractivity contribution is 9.10. The third-order valence-electron chi connectivity index (χ3n) is 2.02. The minimum absolute atomic E-state index is 0.0668. The summed E-state index contributed by atoms with van der Waals surface area (Å²) in [6.07, 6.45) is -4.73. The average molecular weight is 342 g/mol. The summed E-state index contributed by atoms with van der Waals surface area (Å²) < 4.78 is 38.6. The Bertz CT molecular complexity index is 672. The second kappa shape index (κ2) is 6.05. The van der Waals surface area contributed by atoms with E-state index in [0.717, 1.165) is 6.07 Å². The third kappa shape index (κ3) is 3.47. The zero-order valence-electron chi connectivity index (χ0n) is 9.46. The monoisotopic (exact) mass is 341 g/mol. The van der Waals surface area contributed by atoms with Crippen LogP contribution in [0.1, 0.15) is 11.1 Å². The van der Waals surface area contributed by atoms with E-state index in [4.69, 9.17) is 15.8 Å². The van der Waals surface area contributed by atoms with Gasteiger partial charge in [0.05, 0.1) is 22.9 Å². The summed E-state index contributed by atoms with van der Waals surface area (Å²) in [7, 11) is 0. The van der Waals surface area contributed by atoms with Gasteiger partial charge < -0.3 is 0 Å². The number of nitrogens with zero attached hydrogens (tertiary/aromatic N) is 4. The number of alkyl halides is 3. The summed E-state index contributed by atoms with van der Waals surface area (Å²) in [6, 6.07) is 6.19. The SMILES string of the molecule is N#CC(C#N)=NNc1c(Br)cc(C#N)cc1C(F)(F)F. The second-order valence-corrected chi connectivity index (χ2v) is 4.14. The van der Waals surface area contributed by atoms with Crippen molar-refractivity contribution in [3.8, 4) is 18.2 Å². The van der Waals surface area contributed by atoms with Crippen LogP contribution in [-0.4, -0.2) is 5.71 Å². The summed E-state index contributed by atoms with van der Waals surface area (Å²) in [5.41, 5.74) is -0.440. The minimum atomic E-state index is -4.73. The zero-order valence-corrected chi connectivity index (χ0v) is 11.0. The summed E-state index contributed by atoms with van der Waals surface area (Å²) >= 11 is 2.88. The summed E-state index contributed by atoms with van der Waals surface area (Å²) in [5, 5.41) is 28.8. The van der Waals surface area contributed by atoms with Gasteiger partial charge in [-0.1, -0.05) is 0 Å². The molecule has 0 amide bonds. The molecule has 20 heavy (non-hydrogen) atoms. The predicted octanol–water partition coefficient (Wildman–Crippen LogP) is 3.15. The molecule has 0 aliphatic rings. The molecule has 0 fully saturated rings. The lowest BCUT2D eigenvalue weighted by Gasteiger charge is -2.14. The number of nitriles is 3. The Morgan fingerprint density at radius 1 is 1.20 bits per heavy atom. The molecule has 0 unspecified atom stereocenters. The maximum atomic E-state index is 12.9. The molecule has 100 valence electrons. The maximum absolute atomic E-state index is 12.9. The van der Waals surface area contributed by atoms with Crippen molar-refractivity contribution < 1.29 is 13.2 Å². The van der Waals surface area contributed by atoms with Crippen LogP contribution in [0.3, 0.4) is 0 Å². The highest BCUT2D eigenvalue weighted by Crippen LogP contribution is 2.39. The van der Waals surface area contributed by atoms with Gasteiger partial charge in [-0.25, -0.2) is 0 Å². The molecule has 0 aliphatic heterocycles. The lowest BCUT2D eigenvalue weighted by atomic mass is 10.1. The molecule has 5 nitrogen and oxygen atoms in total. The molecule has 0 atom stereocenters. The smallest absolute Gasteiger partial charge is 0.275 e. The average Bonchev–Trinajstić information content (AvgIpc) is 2.39. The van der Waals surface area contributed by atoms with Crippen molar-refractivity contribution in [2.24, 2.45) is 5.10 Å². The fourth-order valence-corrected chi connectivity index (χ4v) is 1.74. The van der Waals surface area contributed by atoms with Crippen molar-refractivity contribution in [3.63, 3.8) is 0 Å². The Morgan fingerprint density at radius 3 is 2.25 bits per heavy atom. The highest BCUT2D eigenvalue weighted by Gasteiger charge is 2.35. The first-order valence-corrected chi connectivity index (χ1v) is 5.57. The van der Waals surface area contributed by atoms with Crippen LogP contribution in [-0.2, 0) is 6.18 Å². The van der Waals surface area contributed by atoms with E-state index in [1.807, 2.05) is 5.43 Å². The van der Waals surface area contributed by atoms with Crippen LogP contribution in [0.5, 0.6) is 0 Å². The minimum Gasteiger partial charge on any atom is -0.275 e. The van der Waals surface area contributed by atoms with Gasteiger partial charge in [-0.15, -0.1) is 0 Å². The van der Waals surface area contributed by atoms with Crippen LogP contribution in [0, 0.1) is 34.0 Å². The molecule has 0 bridgehead atoms. The van der Waals surface area contributed by atoms with Crippen molar-refractivity contribution in [3.05, 3.63) is 27.7 Å². The fourth-order valence-electron chi connectivity index (χ4n) is 1.20. The van der Waals surface area contributed by atoms with E-state index in [9.17, 15) is 13.2 Å². The molecule has 0 radical (unpaired) electrons. The van der Waals surface area contributed by atoms with Gasteiger partial charge in [0, 0.05) is 4.47 Å². The predicted molar refractivity (Wildman–Crippen MR) is 66.1 cm³/mol. The van der Waals surface area contributed by atoms with Gasteiger partial charge >= 0.3 is 6.18 Å². The fraction of sp³-hybridized carbons (Fsp3) is 0.0909. The Hall–Kier alpha value is -2.57. The molecular formula is C11H3BrF3N5. The van der Waals surface area contributed by atoms with E-state index in [1.165, 1.54) is 12.1 Å². The van der Waals surface area contributed by atoms with Crippen molar-refractivity contribution in [1.82, 2.24) is 0 Å². The van der Waals surface area contributed by atoms with Crippen molar-refractivity contribution in [2.75, 3.05) is 5.43 Å². The molecule has 0 heterocycles. The maximum Gasteiger partial charge on any atom is 0.418 e. The van der Waals surface area contributed by atoms with Gasteiger partial charge in [-0.2, -0.15) is 34.1 Å². The molecule has 0 saturated heterocycles. The topological polar surface area (TPSA) is 95.8 Å². The van der Waals surface area contributed by atoms with Crippen LogP contribution in [0.25, 0.3) is 0 Å². The third-order valence-corrected chi connectivity index (χ3v) is 2.64. The van der Waals surface area contributed by atoms with Crippen molar-refractivity contribution in [2.45, 2.75) is 6.18 Å². The molecule has 1 aromatic rings. The molecule has 1 aromatic carbocycles. The molecular weight excluding hydrogens is 339 g/mol.